The first-order valence-corrected chi connectivity index (χ1v) is 12.1. The molecule has 1 amide bonds. The van der Waals surface area contributed by atoms with E-state index >= 15 is 0 Å². The number of sulfonamides is 1. The predicted octanol–water partition coefficient (Wildman–Crippen LogP) is -1.32. The number of aliphatic hydroxyl groups is 6. The lowest BCUT2D eigenvalue weighted by molar-refractivity contribution is -0.123. The first kappa shape index (κ1) is 29.2. The Kier molecular flexibility index (Phi) is 10.8. The van der Waals surface area contributed by atoms with Crippen LogP contribution in [0.1, 0.15) is 15.9 Å². The van der Waals surface area contributed by atoms with E-state index in [0.29, 0.717) is 6.79 Å². The molecule has 12 nitrogen and oxygen atoms in total. The second-order valence-electron chi connectivity index (χ2n) is 7.59. The standard InChI is InChI=1S/C10H10O2.C7H5NO3S.C6H14O6/c1-2-3-8-4-5-9-10(6-8)12-7-11-9;9-7-5-3-1-2-4-6(5)12(10,11)8-7;7-1-3(9)5(11)6(12)4(10)2-8/h2,4-6H,1,3,7H2;1-4H,(H,8,9);3-12H,1-2H2. The van der Waals surface area contributed by atoms with Crippen molar-refractivity contribution in [1.82, 2.24) is 4.72 Å². The summed E-state index contributed by atoms with van der Waals surface area (Å²) in [4.78, 5) is 11.1. The lowest BCUT2D eigenvalue weighted by atomic mass is 10.0. The van der Waals surface area contributed by atoms with Gasteiger partial charge in [-0.05, 0) is 36.2 Å². The summed E-state index contributed by atoms with van der Waals surface area (Å²) in [7, 11) is -3.55. The molecule has 2 aromatic rings. The number of rotatable bonds is 7. The van der Waals surface area contributed by atoms with Gasteiger partial charge in [0.05, 0.1) is 18.8 Å². The summed E-state index contributed by atoms with van der Waals surface area (Å²) < 4.78 is 34.6. The van der Waals surface area contributed by atoms with Gasteiger partial charge in [-0.3, -0.25) is 4.79 Å². The van der Waals surface area contributed by atoms with Crippen LogP contribution in [-0.4, -0.2) is 89.4 Å². The van der Waals surface area contributed by atoms with E-state index in [1.165, 1.54) is 17.7 Å². The Hall–Kier alpha value is -3.04. The van der Waals surface area contributed by atoms with Crippen molar-refractivity contribution in [3.8, 4) is 11.5 Å². The molecule has 198 valence electrons. The average Bonchev–Trinajstić information content (AvgIpc) is 3.44. The number of allylic oxidation sites excluding steroid dienone is 1. The molecule has 0 spiro atoms. The molecule has 4 unspecified atom stereocenters. The monoisotopic (exact) mass is 527 g/mol. The van der Waals surface area contributed by atoms with Gasteiger partial charge in [-0.1, -0.05) is 24.3 Å². The van der Waals surface area contributed by atoms with Gasteiger partial charge in [0.15, 0.2) is 11.5 Å². The highest BCUT2D eigenvalue weighted by Gasteiger charge is 2.31. The molecule has 7 N–H and O–H groups in total. The van der Waals surface area contributed by atoms with E-state index in [4.69, 9.17) is 40.1 Å². The Morgan fingerprint density at radius 2 is 1.53 bits per heavy atom. The number of hydrogen-bond acceptors (Lipinski definition) is 11. The van der Waals surface area contributed by atoms with E-state index in [1.54, 1.807) is 12.1 Å². The number of ether oxygens (including phenoxy) is 2. The maximum atomic E-state index is 11.1. The van der Waals surface area contributed by atoms with E-state index < -0.39 is 53.6 Å². The molecule has 13 heteroatoms. The Labute approximate surface area is 207 Å². The number of carbonyl (C=O) groups excluding carboxylic acids is 1. The molecule has 0 radical (unpaired) electrons. The lowest BCUT2D eigenvalue weighted by Gasteiger charge is -2.24. The second kappa shape index (κ2) is 13.3. The zero-order valence-electron chi connectivity index (χ0n) is 19.1. The topological polar surface area (TPSA) is 203 Å². The van der Waals surface area contributed by atoms with Gasteiger partial charge in [-0.15, -0.1) is 6.58 Å². The highest BCUT2D eigenvalue weighted by atomic mass is 32.2. The van der Waals surface area contributed by atoms with Crippen LogP contribution in [0.25, 0.3) is 0 Å². The molecular formula is C23H29NO11S. The zero-order valence-corrected chi connectivity index (χ0v) is 19.9. The molecule has 4 atom stereocenters. The van der Waals surface area contributed by atoms with Crippen molar-refractivity contribution in [3.05, 3.63) is 66.2 Å². The fourth-order valence-electron chi connectivity index (χ4n) is 3.03. The van der Waals surface area contributed by atoms with Gasteiger partial charge < -0.3 is 40.1 Å². The fraction of sp³-hybridized carbons (Fsp3) is 0.348. The largest absolute Gasteiger partial charge is 0.454 e. The van der Waals surface area contributed by atoms with Crippen LogP contribution >= 0.6 is 0 Å². The summed E-state index contributed by atoms with van der Waals surface area (Å²) in [5.74, 6) is 1.13. The molecule has 2 aromatic carbocycles. The van der Waals surface area contributed by atoms with Crippen LogP contribution in [0.4, 0.5) is 0 Å². The normalized spacial score (nSPS) is 17.7. The van der Waals surface area contributed by atoms with Crippen molar-refractivity contribution in [2.75, 3.05) is 20.0 Å². The third-order valence-corrected chi connectivity index (χ3v) is 6.37. The van der Waals surface area contributed by atoms with Gasteiger partial charge in [-0.25, -0.2) is 13.1 Å². The van der Waals surface area contributed by atoms with E-state index in [1.807, 2.05) is 29.0 Å². The number of nitrogens with one attached hydrogen (secondary N) is 1. The van der Waals surface area contributed by atoms with Crippen LogP contribution in [0, 0.1) is 0 Å². The Bertz CT molecular complexity index is 1120. The predicted molar refractivity (Wildman–Crippen MR) is 126 cm³/mol. The Balaban J connectivity index is 0.000000190. The molecule has 0 saturated heterocycles. The lowest BCUT2D eigenvalue weighted by Crippen LogP contribution is -2.46. The first-order chi connectivity index (χ1) is 17.0. The molecule has 2 aliphatic heterocycles. The number of amides is 1. The van der Waals surface area contributed by atoms with Gasteiger partial charge in [0, 0.05) is 0 Å². The Morgan fingerprint density at radius 1 is 0.944 bits per heavy atom. The van der Waals surface area contributed by atoms with Crippen LogP contribution < -0.4 is 14.2 Å². The minimum absolute atomic E-state index is 0.0648. The van der Waals surface area contributed by atoms with Gasteiger partial charge in [0.1, 0.15) is 29.3 Å². The van der Waals surface area contributed by atoms with Crippen molar-refractivity contribution in [2.24, 2.45) is 0 Å². The number of aliphatic hydroxyl groups excluding tert-OH is 6. The molecule has 0 saturated carbocycles. The molecule has 0 aromatic heterocycles. The van der Waals surface area contributed by atoms with Crippen molar-refractivity contribution in [3.63, 3.8) is 0 Å². The summed E-state index contributed by atoms with van der Waals surface area (Å²) in [6.07, 6.45) is -3.65. The van der Waals surface area contributed by atoms with Crippen molar-refractivity contribution in [2.45, 2.75) is 35.7 Å². The van der Waals surface area contributed by atoms with E-state index in [9.17, 15) is 13.2 Å². The highest BCUT2D eigenvalue weighted by Crippen LogP contribution is 2.32. The summed E-state index contributed by atoms with van der Waals surface area (Å²) in [5, 5.41) is 52.2. The van der Waals surface area contributed by atoms with Gasteiger partial charge >= 0.3 is 0 Å². The minimum Gasteiger partial charge on any atom is -0.454 e. The first-order valence-electron chi connectivity index (χ1n) is 10.6. The third kappa shape index (κ3) is 7.48. The van der Waals surface area contributed by atoms with E-state index in [-0.39, 0.29) is 10.5 Å². The number of carbonyl (C=O) groups is 1. The third-order valence-electron chi connectivity index (χ3n) is 4.98. The number of hydrogen-bond donors (Lipinski definition) is 7. The van der Waals surface area contributed by atoms with Crippen LogP contribution in [0.5, 0.6) is 11.5 Å². The van der Waals surface area contributed by atoms with Crippen LogP contribution in [0.3, 0.4) is 0 Å². The Morgan fingerprint density at radius 3 is 2.08 bits per heavy atom. The van der Waals surface area contributed by atoms with E-state index in [0.717, 1.165) is 17.9 Å². The molecule has 4 rings (SSSR count). The summed E-state index contributed by atoms with van der Waals surface area (Å²) in [6, 6.07) is 12.0. The van der Waals surface area contributed by atoms with Crippen molar-refractivity contribution < 1.29 is 53.3 Å². The molecule has 2 heterocycles. The second-order valence-corrected chi connectivity index (χ2v) is 9.24. The molecule has 2 aliphatic rings. The highest BCUT2D eigenvalue weighted by molar-refractivity contribution is 7.90. The maximum absolute atomic E-state index is 11.1. The molecule has 36 heavy (non-hydrogen) atoms. The summed E-state index contributed by atoms with van der Waals surface area (Å²) >= 11 is 0. The van der Waals surface area contributed by atoms with Crippen molar-refractivity contribution in [1.29, 1.82) is 0 Å². The average molecular weight is 528 g/mol. The van der Waals surface area contributed by atoms with Gasteiger partial charge in [-0.2, -0.15) is 0 Å². The smallest absolute Gasteiger partial charge is 0.266 e. The SMILES string of the molecule is C=CCc1ccc2c(c1)OCO2.O=C1NS(=O)(=O)c2ccccc21.OCC(O)C(O)C(O)C(O)CO. The van der Waals surface area contributed by atoms with Gasteiger partial charge in [0.25, 0.3) is 15.9 Å². The quantitative estimate of drug-likeness (QED) is 0.210. The minimum atomic E-state index is -3.55. The number of fused-ring (bicyclic) bond motifs is 2. The van der Waals surface area contributed by atoms with Gasteiger partial charge in [0.2, 0.25) is 6.79 Å². The summed E-state index contributed by atoms with van der Waals surface area (Å²) in [5.41, 5.74) is 1.42. The zero-order chi connectivity index (χ0) is 26.9. The number of benzene rings is 2. The van der Waals surface area contributed by atoms with E-state index in [2.05, 4.69) is 6.58 Å². The van der Waals surface area contributed by atoms with Crippen LogP contribution in [-0.2, 0) is 16.4 Å². The van der Waals surface area contributed by atoms with Crippen LogP contribution in [0.2, 0.25) is 0 Å². The molecule has 0 bridgehead atoms. The maximum Gasteiger partial charge on any atom is 0.266 e. The van der Waals surface area contributed by atoms with Crippen molar-refractivity contribution >= 4 is 15.9 Å². The molecule has 0 aliphatic carbocycles. The summed E-state index contributed by atoms with van der Waals surface area (Å²) in [6.45, 7) is 2.57. The molecule has 0 fully saturated rings. The molecular weight excluding hydrogens is 498 g/mol. The fourth-order valence-corrected chi connectivity index (χ4v) is 4.20. The van der Waals surface area contributed by atoms with Crippen LogP contribution in [0.15, 0.2) is 60.0 Å².